The second-order valence-electron chi connectivity index (χ2n) is 3.85. The number of sulfonamides is 1. The average Bonchev–Trinajstić information content (AvgIpc) is 2.37. The highest BCUT2D eigenvalue weighted by Gasteiger charge is 2.05. The molecule has 0 aromatic heterocycles. The van der Waals surface area contributed by atoms with Gasteiger partial charge < -0.3 is 0 Å². The highest BCUT2D eigenvalue weighted by Crippen LogP contribution is 2.13. The molecule has 0 aliphatic heterocycles. The van der Waals surface area contributed by atoms with Gasteiger partial charge >= 0.3 is 0 Å². The predicted molar refractivity (Wildman–Crippen MR) is 71.5 cm³/mol. The van der Waals surface area contributed by atoms with Crippen molar-refractivity contribution in [2.75, 3.05) is 0 Å². The maximum absolute atomic E-state index is 12.7. The lowest BCUT2D eigenvalue weighted by molar-refractivity contribution is 0.598. The van der Waals surface area contributed by atoms with Crippen LogP contribution in [-0.2, 0) is 10.0 Å². The van der Waals surface area contributed by atoms with Gasteiger partial charge in [-0.25, -0.2) is 17.9 Å². The molecule has 0 saturated carbocycles. The Morgan fingerprint density at radius 2 is 1.58 bits per heavy atom. The third kappa shape index (κ3) is 3.70. The molecule has 19 heavy (non-hydrogen) atoms. The van der Waals surface area contributed by atoms with Crippen molar-refractivity contribution in [2.45, 2.75) is 4.90 Å². The van der Waals surface area contributed by atoms with Gasteiger partial charge in [0.25, 0.3) is 0 Å². The van der Waals surface area contributed by atoms with Crippen molar-refractivity contribution in [3.05, 3.63) is 59.9 Å². The fraction of sp³-hybridized carbons (Fsp3) is 0. The third-order valence-electron chi connectivity index (χ3n) is 2.40. The lowest BCUT2D eigenvalue weighted by Crippen LogP contribution is -2.11. The van der Waals surface area contributed by atoms with Gasteiger partial charge in [0.1, 0.15) is 5.82 Å². The highest BCUT2D eigenvalue weighted by molar-refractivity contribution is 7.89. The third-order valence-corrected chi connectivity index (χ3v) is 3.33. The molecule has 4 nitrogen and oxygen atoms in total. The Labute approximate surface area is 110 Å². The molecule has 0 heterocycles. The minimum Gasteiger partial charge on any atom is -0.256 e. The van der Waals surface area contributed by atoms with E-state index in [2.05, 4.69) is 4.99 Å². The zero-order valence-corrected chi connectivity index (χ0v) is 10.6. The molecule has 2 aromatic rings. The number of hydrogen-bond acceptors (Lipinski definition) is 3. The fourth-order valence-corrected chi connectivity index (χ4v) is 1.94. The molecule has 0 radical (unpaired) electrons. The van der Waals surface area contributed by atoms with Crippen molar-refractivity contribution >= 4 is 21.9 Å². The van der Waals surface area contributed by atoms with Crippen LogP contribution in [0.3, 0.4) is 0 Å². The van der Waals surface area contributed by atoms with Crippen LogP contribution in [0, 0.1) is 5.82 Å². The van der Waals surface area contributed by atoms with Crippen LogP contribution in [0.2, 0.25) is 0 Å². The number of nitrogens with zero attached hydrogens (tertiary/aromatic N) is 1. The van der Waals surface area contributed by atoms with E-state index in [1.165, 1.54) is 24.3 Å². The fourth-order valence-electron chi connectivity index (χ4n) is 1.42. The van der Waals surface area contributed by atoms with Gasteiger partial charge in [-0.05, 0) is 42.0 Å². The van der Waals surface area contributed by atoms with E-state index in [0.29, 0.717) is 5.69 Å². The van der Waals surface area contributed by atoms with Gasteiger partial charge in [-0.3, -0.25) is 4.99 Å². The molecule has 0 fully saturated rings. The van der Waals surface area contributed by atoms with Crippen LogP contribution >= 0.6 is 0 Å². The molecule has 0 aliphatic rings. The van der Waals surface area contributed by atoms with Gasteiger partial charge in [-0.2, -0.15) is 0 Å². The van der Waals surface area contributed by atoms with Gasteiger partial charge in [-0.15, -0.1) is 0 Å². The summed E-state index contributed by atoms with van der Waals surface area (Å²) in [6.45, 7) is 0. The van der Waals surface area contributed by atoms with Crippen molar-refractivity contribution < 1.29 is 12.8 Å². The molecule has 0 aliphatic carbocycles. The molecule has 0 unspecified atom stereocenters. The molecule has 98 valence electrons. The maximum atomic E-state index is 12.7. The maximum Gasteiger partial charge on any atom is 0.238 e. The van der Waals surface area contributed by atoms with E-state index in [-0.39, 0.29) is 10.7 Å². The molecule has 0 spiro atoms. The van der Waals surface area contributed by atoms with E-state index < -0.39 is 10.0 Å². The largest absolute Gasteiger partial charge is 0.256 e. The molecule has 2 aromatic carbocycles. The van der Waals surface area contributed by atoms with Crippen molar-refractivity contribution in [3.8, 4) is 0 Å². The van der Waals surface area contributed by atoms with Gasteiger partial charge in [0.2, 0.25) is 10.0 Å². The zero-order valence-electron chi connectivity index (χ0n) is 9.82. The number of halogens is 1. The second-order valence-corrected chi connectivity index (χ2v) is 5.41. The van der Waals surface area contributed by atoms with E-state index >= 15 is 0 Å². The molecule has 6 heteroatoms. The van der Waals surface area contributed by atoms with Crippen LogP contribution in [0.1, 0.15) is 5.56 Å². The van der Waals surface area contributed by atoms with E-state index in [1.54, 1.807) is 30.5 Å². The Hall–Kier alpha value is -2.05. The van der Waals surface area contributed by atoms with Crippen molar-refractivity contribution in [3.63, 3.8) is 0 Å². The van der Waals surface area contributed by atoms with Crippen molar-refractivity contribution in [1.82, 2.24) is 0 Å². The first-order valence-corrected chi connectivity index (χ1v) is 6.92. The summed E-state index contributed by atoms with van der Waals surface area (Å²) in [5.41, 5.74) is 1.33. The standard InChI is InChI=1S/C13H11FN2O2S/c14-11-3-5-12(6-4-11)16-9-10-1-7-13(8-2-10)19(15,17)18/h1-9H,(H2,15,17,18). The molecule has 2 N–H and O–H groups in total. The monoisotopic (exact) mass is 278 g/mol. The van der Waals surface area contributed by atoms with E-state index in [9.17, 15) is 12.8 Å². The minimum atomic E-state index is -3.68. The van der Waals surface area contributed by atoms with Crippen LogP contribution < -0.4 is 5.14 Å². The summed E-state index contributed by atoms with van der Waals surface area (Å²) >= 11 is 0. The summed E-state index contributed by atoms with van der Waals surface area (Å²) in [6, 6.07) is 11.7. The summed E-state index contributed by atoms with van der Waals surface area (Å²) in [7, 11) is -3.68. The number of nitrogens with two attached hydrogens (primary N) is 1. The van der Waals surface area contributed by atoms with Crippen LogP contribution in [0.4, 0.5) is 10.1 Å². The first-order chi connectivity index (χ1) is 8.95. The second kappa shape index (κ2) is 5.29. The normalized spacial score (nSPS) is 11.9. The number of benzene rings is 2. The van der Waals surface area contributed by atoms with Gasteiger partial charge in [-0.1, -0.05) is 12.1 Å². The number of hydrogen-bond donors (Lipinski definition) is 1. The smallest absolute Gasteiger partial charge is 0.238 e. The quantitative estimate of drug-likeness (QED) is 0.874. The first-order valence-electron chi connectivity index (χ1n) is 5.38. The topological polar surface area (TPSA) is 72.5 Å². The van der Waals surface area contributed by atoms with Crippen LogP contribution in [-0.4, -0.2) is 14.6 Å². The molecular formula is C13H11FN2O2S. The summed E-state index contributed by atoms with van der Waals surface area (Å²) in [5, 5.41) is 4.99. The van der Waals surface area contributed by atoms with Crippen molar-refractivity contribution in [1.29, 1.82) is 0 Å². The van der Waals surface area contributed by atoms with Gasteiger partial charge in [0, 0.05) is 6.21 Å². The summed E-state index contributed by atoms with van der Waals surface area (Å²) in [4.78, 5) is 4.18. The Bertz CT molecular complexity index is 692. The van der Waals surface area contributed by atoms with E-state index in [0.717, 1.165) is 5.56 Å². The average molecular weight is 278 g/mol. The van der Waals surface area contributed by atoms with Gasteiger partial charge in [0.15, 0.2) is 0 Å². The number of aliphatic imine (C=N–C) groups is 1. The van der Waals surface area contributed by atoms with E-state index in [1.807, 2.05) is 0 Å². The summed E-state index contributed by atoms with van der Waals surface area (Å²) in [5.74, 6) is -0.323. The summed E-state index contributed by atoms with van der Waals surface area (Å²) in [6.07, 6.45) is 1.56. The van der Waals surface area contributed by atoms with Gasteiger partial charge in [0.05, 0.1) is 10.6 Å². The molecular weight excluding hydrogens is 267 g/mol. The van der Waals surface area contributed by atoms with E-state index in [4.69, 9.17) is 5.14 Å². The predicted octanol–water partition coefficient (Wildman–Crippen LogP) is 2.22. The summed E-state index contributed by atoms with van der Waals surface area (Å²) < 4.78 is 34.8. The van der Waals surface area contributed by atoms with Crippen LogP contribution in [0.15, 0.2) is 58.4 Å². The Morgan fingerprint density at radius 3 is 2.11 bits per heavy atom. The molecule has 0 saturated heterocycles. The van der Waals surface area contributed by atoms with Crippen molar-refractivity contribution in [2.24, 2.45) is 10.1 Å². The number of rotatable bonds is 3. The molecule has 0 amide bonds. The van der Waals surface area contributed by atoms with Crippen LogP contribution in [0.5, 0.6) is 0 Å². The lowest BCUT2D eigenvalue weighted by Gasteiger charge is -1.98. The molecule has 2 rings (SSSR count). The highest BCUT2D eigenvalue weighted by atomic mass is 32.2. The lowest BCUT2D eigenvalue weighted by atomic mass is 10.2. The first kappa shape index (κ1) is 13.4. The molecule has 0 bridgehead atoms. The SMILES string of the molecule is NS(=O)(=O)c1ccc(C=Nc2ccc(F)cc2)cc1. The number of primary sulfonamides is 1. The minimum absolute atomic E-state index is 0.0476. The molecule has 0 atom stereocenters. The Kier molecular flexibility index (Phi) is 3.73. The van der Waals surface area contributed by atoms with Crippen LogP contribution in [0.25, 0.3) is 0 Å². The Morgan fingerprint density at radius 1 is 1.00 bits per heavy atom. The zero-order chi connectivity index (χ0) is 13.9. The Balaban J connectivity index is 2.18.